The van der Waals surface area contributed by atoms with Gasteiger partial charge in [0.1, 0.15) is 5.82 Å². The lowest BCUT2D eigenvalue weighted by Crippen LogP contribution is -2.43. The van der Waals surface area contributed by atoms with Crippen LogP contribution in [0.2, 0.25) is 0 Å². The van der Waals surface area contributed by atoms with E-state index in [0.29, 0.717) is 37.1 Å². The fourth-order valence-electron chi connectivity index (χ4n) is 4.69. The van der Waals surface area contributed by atoms with Crippen LogP contribution in [0, 0.1) is 18.7 Å². The Labute approximate surface area is 193 Å². The molecule has 1 saturated heterocycles. The van der Waals surface area contributed by atoms with Gasteiger partial charge in [-0.15, -0.1) is 0 Å². The first-order chi connectivity index (χ1) is 15.6. The summed E-state index contributed by atoms with van der Waals surface area (Å²) in [5.41, 5.74) is 2.41. The number of carbonyl (C=O) groups excluding carboxylic acids is 2. The van der Waals surface area contributed by atoms with Crippen LogP contribution >= 0.6 is 0 Å². The molecule has 9 heteroatoms. The highest BCUT2D eigenvalue weighted by molar-refractivity contribution is 7.89. The number of rotatable bonds is 4. The number of nitrogens with one attached hydrogen (secondary N) is 1. The van der Waals surface area contributed by atoms with Crippen LogP contribution in [0.25, 0.3) is 0 Å². The van der Waals surface area contributed by atoms with Gasteiger partial charge in [-0.05, 0) is 74.6 Å². The van der Waals surface area contributed by atoms with Crippen molar-refractivity contribution in [3.63, 3.8) is 0 Å². The van der Waals surface area contributed by atoms with Gasteiger partial charge in [0.2, 0.25) is 21.8 Å². The molecule has 2 atom stereocenters. The van der Waals surface area contributed by atoms with Gasteiger partial charge in [0.15, 0.2) is 0 Å². The minimum Gasteiger partial charge on any atom is -0.326 e. The molecule has 4 rings (SSSR count). The van der Waals surface area contributed by atoms with Gasteiger partial charge in [-0.1, -0.05) is 6.07 Å². The maximum Gasteiger partial charge on any atom is 0.243 e. The molecule has 2 heterocycles. The van der Waals surface area contributed by atoms with Crippen molar-refractivity contribution in [1.29, 1.82) is 0 Å². The predicted molar refractivity (Wildman–Crippen MR) is 124 cm³/mol. The van der Waals surface area contributed by atoms with Crippen molar-refractivity contribution in [3.05, 3.63) is 53.3 Å². The molecule has 0 spiro atoms. The highest BCUT2D eigenvalue weighted by Crippen LogP contribution is 2.35. The highest BCUT2D eigenvalue weighted by atomic mass is 32.2. The summed E-state index contributed by atoms with van der Waals surface area (Å²) in [6.07, 6.45) is 1.71. The summed E-state index contributed by atoms with van der Waals surface area (Å²) >= 11 is 0. The Balaban J connectivity index is 1.51. The van der Waals surface area contributed by atoms with E-state index in [9.17, 15) is 22.4 Å². The first kappa shape index (κ1) is 23.4. The second-order valence-electron chi connectivity index (χ2n) is 8.89. The van der Waals surface area contributed by atoms with E-state index >= 15 is 0 Å². The summed E-state index contributed by atoms with van der Waals surface area (Å²) in [4.78, 5) is 26.6. The first-order valence-electron chi connectivity index (χ1n) is 11.1. The Hall–Kier alpha value is -2.78. The lowest BCUT2D eigenvalue weighted by atomic mass is 9.98. The van der Waals surface area contributed by atoms with Crippen LogP contribution in [-0.2, 0) is 26.0 Å². The van der Waals surface area contributed by atoms with Crippen LogP contribution in [0.3, 0.4) is 0 Å². The van der Waals surface area contributed by atoms with Gasteiger partial charge in [0.05, 0.1) is 10.8 Å². The molecule has 0 radical (unpaired) electrons. The molecule has 0 aromatic heterocycles. The SMILES string of the molecule is CC(=O)N1c2ccc(S(=O)(=O)N3CCC[C@@H](C(=O)Nc4ccc(C)c(F)c4)C3)cc2C[C@H]1C. The Morgan fingerprint density at radius 3 is 2.61 bits per heavy atom. The van der Waals surface area contributed by atoms with E-state index in [4.69, 9.17) is 0 Å². The zero-order valence-electron chi connectivity index (χ0n) is 19.0. The molecule has 2 aliphatic heterocycles. The van der Waals surface area contributed by atoms with Gasteiger partial charge in [-0.25, -0.2) is 12.8 Å². The second kappa shape index (κ2) is 8.87. The number of sulfonamides is 1. The quantitative estimate of drug-likeness (QED) is 0.737. The fourth-order valence-corrected chi connectivity index (χ4v) is 6.26. The van der Waals surface area contributed by atoms with Crippen molar-refractivity contribution in [2.75, 3.05) is 23.3 Å². The number of carbonyl (C=O) groups is 2. The Morgan fingerprint density at radius 1 is 1.15 bits per heavy atom. The third-order valence-corrected chi connectivity index (χ3v) is 8.30. The predicted octanol–water partition coefficient (Wildman–Crippen LogP) is 3.47. The van der Waals surface area contributed by atoms with Gasteiger partial charge in [-0.2, -0.15) is 4.31 Å². The number of aryl methyl sites for hydroxylation is 1. The molecule has 33 heavy (non-hydrogen) atoms. The molecule has 176 valence electrons. The topological polar surface area (TPSA) is 86.8 Å². The minimum atomic E-state index is -3.80. The molecular weight excluding hydrogens is 445 g/mol. The number of halogens is 1. The van der Waals surface area contributed by atoms with Gasteiger partial charge < -0.3 is 10.2 Å². The molecule has 2 aliphatic rings. The molecular formula is C24H28FN3O4S. The Morgan fingerprint density at radius 2 is 1.91 bits per heavy atom. The smallest absolute Gasteiger partial charge is 0.243 e. The van der Waals surface area contributed by atoms with E-state index in [2.05, 4.69) is 5.32 Å². The number of nitrogens with zero attached hydrogens (tertiary/aromatic N) is 2. The van der Waals surface area contributed by atoms with Crippen LogP contribution in [0.5, 0.6) is 0 Å². The lowest BCUT2D eigenvalue weighted by Gasteiger charge is -2.31. The van der Waals surface area contributed by atoms with Crippen molar-refractivity contribution in [1.82, 2.24) is 4.31 Å². The number of hydrogen-bond acceptors (Lipinski definition) is 4. The summed E-state index contributed by atoms with van der Waals surface area (Å²) in [5.74, 6) is -1.33. The standard InChI is InChI=1S/C24H28FN3O4S/c1-15-6-7-20(13-22(15)25)26-24(30)18-5-4-10-27(14-18)33(31,32)21-8-9-23-19(12-21)11-16(2)28(23)17(3)29/h6-9,12-13,16,18H,4-5,10-11,14H2,1-3H3,(H,26,30)/t16-,18-/m1/s1. The molecule has 7 nitrogen and oxygen atoms in total. The van der Waals surface area contributed by atoms with Crippen LogP contribution in [0.1, 0.15) is 37.8 Å². The second-order valence-corrected chi connectivity index (χ2v) is 10.8. The maximum absolute atomic E-state index is 13.8. The monoisotopic (exact) mass is 473 g/mol. The van der Waals surface area contributed by atoms with Crippen molar-refractivity contribution in [3.8, 4) is 0 Å². The van der Waals surface area contributed by atoms with Crippen LogP contribution in [0.4, 0.5) is 15.8 Å². The Bertz CT molecular complexity index is 1210. The van der Waals surface area contributed by atoms with E-state index in [1.165, 1.54) is 23.4 Å². The maximum atomic E-state index is 13.8. The summed E-state index contributed by atoms with van der Waals surface area (Å²) in [7, 11) is -3.80. The third-order valence-electron chi connectivity index (χ3n) is 6.44. The van der Waals surface area contributed by atoms with Gasteiger partial charge in [0.25, 0.3) is 0 Å². The van der Waals surface area contributed by atoms with E-state index < -0.39 is 21.8 Å². The number of amides is 2. The average Bonchev–Trinajstić information content (AvgIpc) is 3.11. The molecule has 0 unspecified atom stereocenters. The fraction of sp³-hybridized carbons (Fsp3) is 0.417. The third kappa shape index (κ3) is 4.52. The molecule has 0 aliphatic carbocycles. The summed E-state index contributed by atoms with van der Waals surface area (Å²) in [6, 6.07) is 9.32. The molecule has 2 aromatic carbocycles. The summed E-state index contributed by atoms with van der Waals surface area (Å²) in [6.45, 7) is 5.47. The number of hydrogen-bond donors (Lipinski definition) is 1. The lowest BCUT2D eigenvalue weighted by molar-refractivity contribution is -0.121. The number of anilines is 2. The van der Waals surface area contributed by atoms with E-state index in [1.807, 2.05) is 6.92 Å². The van der Waals surface area contributed by atoms with Crippen molar-refractivity contribution < 1.29 is 22.4 Å². The largest absolute Gasteiger partial charge is 0.326 e. The van der Waals surface area contributed by atoms with E-state index in [1.54, 1.807) is 36.1 Å². The summed E-state index contributed by atoms with van der Waals surface area (Å²) < 4.78 is 41.9. The Kier molecular flexibility index (Phi) is 6.28. The average molecular weight is 474 g/mol. The minimum absolute atomic E-state index is 0.0230. The van der Waals surface area contributed by atoms with E-state index in [-0.39, 0.29) is 29.3 Å². The first-order valence-corrected chi connectivity index (χ1v) is 12.5. The van der Waals surface area contributed by atoms with Crippen molar-refractivity contribution in [2.24, 2.45) is 5.92 Å². The highest BCUT2D eigenvalue weighted by Gasteiger charge is 2.35. The van der Waals surface area contributed by atoms with E-state index in [0.717, 1.165) is 11.3 Å². The van der Waals surface area contributed by atoms with Crippen LogP contribution in [-0.4, -0.2) is 43.7 Å². The molecule has 1 fully saturated rings. The van der Waals surface area contributed by atoms with Gasteiger partial charge in [0, 0.05) is 37.4 Å². The normalized spacial score (nSPS) is 21.0. The molecule has 0 bridgehead atoms. The number of fused-ring (bicyclic) bond motifs is 1. The van der Waals surface area contributed by atoms with Crippen LogP contribution in [0.15, 0.2) is 41.3 Å². The zero-order chi connectivity index (χ0) is 23.9. The number of benzene rings is 2. The molecule has 0 saturated carbocycles. The summed E-state index contributed by atoms with van der Waals surface area (Å²) in [5, 5.41) is 2.71. The molecule has 1 N–H and O–H groups in total. The van der Waals surface area contributed by atoms with Crippen molar-refractivity contribution in [2.45, 2.75) is 51.0 Å². The molecule has 2 amide bonds. The van der Waals surface area contributed by atoms with Gasteiger partial charge in [-0.3, -0.25) is 9.59 Å². The van der Waals surface area contributed by atoms with Gasteiger partial charge >= 0.3 is 0 Å². The number of piperidine rings is 1. The van der Waals surface area contributed by atoms with Crippen molar-refractivity contribution >= 4 is 33.2 Å². The zero-order valence-corrected chi connectivity index (χ0v) is 19.8. The van der Waals surface area contributed by atoms with Crippen LogP contribution < -0.4 is 10.2 Å². The molecule has 2 aromatic rings.